The molecule has 1 unspecified atom stereocenters. The lowest BCUT2D eigenvalue weighted by atomic mass is 10.1. The molecule has 0 aromatic heterocycles. The summed E-state index contributed by atoms with van der Waals surface area (Å²) >= 11 is 0. The van der Waals surface area contributed by atoms with Gasteiger partial charge in [-0.15, -0.1) is 0 Å². The number of hydrogen-bond donors (Lipinski definition) is 1. The Kier molecular flexibility index (Phi) is 8.22. The van der Waals surface area contributed by atoms with E-state index >= 15 is 0 Å². The third-order valence-electron chi connectivity index (χ3n) is 2.32. The summed E-state index contributed by atoms with van der Waals surface area (Å²) < 4.78 is 14.9. The third-order valence-corrected chi connectivity index (χ3v) is 2.32. The minimum Gasteiger partial charge on any atom is -0.464 e. The first-order chi connectivity index (χ1) is 10.2. The molecule has 0 aliphatic heterocycles. The van der Waals surface area contributed by atoms with Crippen molar-refractivity contribution in [3.8, 4) is 0 Å². The van der Waals surface area contributed by atoms with Crippen molar-refractivity contribution in [2.75, 3.05) is 13.2 Å². The molecule has 0 saturated carbocycles. The predicted octanol–water partition coefficient (Wildman–Crippen LogP) is 1.95. The maximum Gasteiger partial charge on any atom is 0.408 e. The van der Waals surface area contributed by atoms with Crippen LogP contribution in [-0.2, 0) is 23.8 Å². The summed E-state index contributed by atoms with van der Waals surface area (Å²) in [6.07, 6.45) is 0.575. The van der Waals surface area contributed by atoms with Gasteiger partial charge in [-0.2, -0.15) is 0 Å². The highest BCUT2D eigenvalue weighted by atomic mass is 16.6. The Morgan fingerprint density at radius 2 is 1.64 bits per heavy atom. The number of esters is 2. The average molecular weight is 315 g/mol. The van der Waals surface area contributed by atoms with Gasteiger partial charge in [-0.3, -0.25) is 0 Å². The van der Waals surface area contributed by atoms with E-state index in [0.717, 1.165) is 0 Å². The number of allylic oxidation sites excluding steroid dienone is 1. The fraction of sp³-hybridized carbons (Fsp3) is 0.667. The molecule has 1 N–H and O–H groups in total. The number of carbonyl (C=O) groups excluding carboxylic acids is 3. The maximum absolute atomic E-state index is 12.0. The molecule has 0 aromatic rings. The highest BCUT2D eigenvalue weighted by molar-refractivity contribution is 5.99. The van der Waals surface area contributed by atoms with Crippen LogP contribution in [0.15, 0.2) is 11.6 Å². The molecular formula is C15H25NO6. The summed E-state index contributed by atoms with van der Waals surface area (Å²) in [7, 11) is 0. The van der Waals surface area contributed by atoms with E-state index in [1.807, 2.05) is 0 Å². The lowest BCUT2D eigenvalue weighted by Gasteiger charge is -2.23. The van der Waals surface area contributed by atoms with E-state index in [4.69, 9.17) is 14.2 Å². The fourth-order valence-corrected chi connectivity index (χ4v) is 1.53. The predicted molar refractivity (Wildman–Crippen MR) is 80.2 cm³/mol. The molecule has 0 aliphatic carbocycles. The van der Waals surface area contributed by atoms with Crippen LogP contribution < -0.4 is 5.32 Å². The Morgan fingerprint density at radius 3 is 2.05 bits per heavy atom. The Labute approximate surface area is 131 Å². The molecule has 0 bridgehead atoms. The van der Waals surface area contributed by atoms with Gasteiger partial charge in [-0.25, -0.2) is 14.4 Å². The molecule has 0 saturated heterocycles. The summed E-state index contributed by atoms with van der Waals surface area (Å²) in [6.45, 7) is 10.2. The van der Waals surface area contributed by atoms with Gasteiger partial charge in [0, 0.05) is 0 Å². The molecule has 126 valence electrons. The molecule has 1 atom stereocenters. The van der Waals surface area contributed by atoms with Crippen LogP contribution >= 0.6 is 0 Å². The third kappa shape index (κ3) is 7.10. The molecule has 0 radical (unpaired) electrons. The molecule has 22 heavy (non-hydrogen) atoms. The van der Waals surface area contributed by atoms with Gasteiger partial charge in [-0.05, 0) is 41.5 Å². The summed E-state index contributed by atoms with van der Waals surface area (Å²) in [4.78, 5) is 35.8. The summed E-state index contributed by atoms with van der Waals surface area (Å²) in [6, 6.07) is -1.28. The molecule has 7 nitrogen and oxygen atoms in total. The second-order valence-corrected chi connectivity index (χ2v) is 5.30. The molecular weight excluding hydrogens is 290 g/mol. The molecule has 0 aromatic carbocycles. The Morgan fingerprint density at radius 1 is 1.09 bits per heavy atom. The quantitative estimate of drug-likeness (QED) is 0.458. The highest BCUT2D eigenvalue weighted by Gasteiger charge is 2.32. The van der Waals surface area contributed by atoms with Gasteiger partial charge in [0.05, 0.1) is 18.8 Å². The van der Waals surface area contributed by atoms with Crippen LogP contribution in [0.1, 0.15) is 41.5 Å². The van der Waals surface area contributed by atoms with E-state index in [2.05, 4.69) is 5.32 Å². The lowest BCUT2D eigenvalue weighted by Crippen LogP contribution is -2.47. The van der Waals surface area contributed by atoms with E-state index in [1.54, 1.807) is 41.5 Å². The number of hydrogen-bond acceptors (Lipinski definition) is 6. The van der Waals surface area contributed by atoms with Crippen molar-refractivity contribution >= 4 is 18.0 Å². The molecule has 0 fully saturated rings. The van der Waals surface area contributed by atoms with Crippen LogP contribution in [0.5, 0.6) is 0 Å². The van der Waals surface area contributed by atoms with Gasteiger partial charge in [0.25, 0.3) is 0 Å². The first-order valence-electron chi connectivity index (χ1n) is 7.15. The fourth-order valence-electron chi connectivity index (χ4n) is 1.53. The number of rotatable bonds is 6. The highest BCUT2D eigenvalue weighted by Crippen LogP contribution is 2.11. The van der Waals surface area contributed by atoms with Crippen LogP contribution in [0.3, 0.4) is 0 Å². The number of carbonyl (C=O) groups is 3. The second-order valence-electron chi connectivity index (χ2n) is 5.30. The minimum absolute atomic E-state index is 0.00819. The smallest absolute Gasteiger partial charge is 0.408 e. The first-order valence-corrected chi connectivity index (χ1v) is 7.15. The largest absolute Gasteiger partial charge is 0.464 e. The van der Waals surface area contributed by atoms with Gasteiger partial charge in [-0.1, -0.05) is 6.08 Å². The van der Waals surface area contributed by atoms with Crippen LogP contribution in [0.4, 0.5) is 4.79 Å². The van der Waals surface area contributed by atoms with Crippen molar-refractivity contribution in [2.24, 2.45) is 0 Å². The lowest BCUT2D eigenvalue weighted by molar-refractivity contribution is -0.148. The van der Waals surface area contributed by atoms with Crippen molar-refractivity contribution in [1.29, 1.82) is 0 Å². The van der Waals surface area contributed by atoms with Gasteiger partial charge < -0.3 is 19.5 Å². The maximum atomic E-state index is 12.0. The van der Waals surface area contributed by atoms with Crippen LogP contribution in [0.2, 0.25) is 0 Å². The average Bonchev–Trinajstić information content (AvgIpc) is 2.36. The van der Waals surface area contributed by atoms with Gasteiger partial charge in [0.2, 0.25) is 0 Å². The first kappa shape index (κ1) is 19.9. The molecule has 1 amide bonds. The second kappa shape index (κ2) is 9.07. The molecule has 7 heteroatoms. The van der Waals surface area contributed by atoms with Crippen molar-refractivity contribution in [1.82, 2.24) is 5.32 Å². The van der Waals surface area contributed by atoms with Crippen LogP contribution in [0.25, 0.3) is 0 Å². The van der Waals surface area contributed by atoms with Gasteiger partial charge >= 0.3 is 18.0 Å². The van der Waals surface area contributed by atoms with Crippen molar-refractivity contribution in [3.05, 3.63) is 11.6 Å². The zero-order chi connectivity index (χ0) is 17.3. The van der Waals surface area contributed by atoms with Gasteiger partial charge in [0.15, 0.2) is 6.04 Å². The normalized spacial score (nSPS) is 13.1. The van der Waals surface area contributed by atoms with Crippen LogP contribution in [0, 0.1) is 0 Å². The number of amides is 1. The van der Waals surface area contributed by atoms with Crippen molar-refractivity contribution < 1.29 is 28.6 Å². The van der Waals surface area contributed by atoms with E-state index in [1.165, 1.54) is 6.08 Å². The van der Waals surface area contributed by atoms with Crippen LogP contribution in [-0.4, -0.2) is 42.9 Å². The number of alkyl carbamates (subject to hydrolysis) is 1. The SMILES string of the molecule is C/C=C(/C(=O)OCC)C(NC(=O)OC(C)(C)C)C(=O)OCC. The summed E-state index contributed by atoms with van der Waals surface area (Å²) in [5.41, 5.74) is -0.741. The molecule has 0 rings (SSSR count). The Balaban J connectivity index is 5.24. The van der Waals surface area contributed by atoms with Crippen molar-refractivity contribution in [3.63, 3.8) is 0 Å². The standard InChI is InChI=1S/C15H25NO6/c1-7-10(12(17)20-8-2)11(13(18)21-9-3)16-14(19)22-15(4,5)6/h7,11H,8-9H2,1-6H3,(H,16,19)/b10-7+. The van der Waals surface area contributed by atoms with E-state index < -0.39 is 29.7 Å². The minimum atomic E-state index is -1.28. The van der Waals surface area contributed by atoms with E-state index in [0.29, 0.717) is 0 Å². The monoisotopic (exact) mass is 315 g/mol. The zero-order valence-electron chi connectivity index (χ0n) is 14.0. The number of ether oxygens (including phenoxy) is 3. The van der Waals surface area contributed by atoms with Crippen molar-refractivity contribution in [2.45, 2.75) is 53.2 Å². The molecule has 0 spiro atoms. The molecule has 0 aliphatic rings. The zero-order valence-corrected chi connectivity index (χ0v) is 14.0. The van der Waals surface area contributed by atoms with Gasteiger partial charge in [0.1, 0.15) is 5.60 Å². The summed E-state index contributed by atoms with van der Waals surface area (Å²) in [5, 5.41) is 2.34. The van der Waals surface area contributed by atoms with E-state index in [9.17, 15) is 14.4 Å². The number of nitrogens with one attached hydrogen (secondary N) is 1. The summed E-state index contributed by atoms with van der Waals surface area (Å²) in [5.74, 6) is -1.45. The molecule has 0 heterocycles. The van der Waals surface area contributed by atoms with E-state index in [-0.39, 0.29) is 18.8 Å². The Hall–Kier alpha value is -2.05. The Bertz CT molecular complexity index is 436. The topological polar surface area (TPSA) is 90.9 Å².